The lowest BCUT2D eigenvalue weighted by molar-refractivity contribution is -0.136. The van der Waals surface area contributed by atoms with Crippen LogP contribution in [-0.4, -0.2) is 59.7 Å². The van der Waals surface area contributed by atoms with E-state index in [-0.39, 0.29) is 37.4 Å². The summed E-state index contributed by atoms with van der Waals surface area (Å²) in [6.07, 6.45) is 2.10. The lowest BCUT2D eigenvalue weighted by atomic mass is 10.0. The molecule has 0 spiro atoms. The number of amides is 3. The minimum absolute atomic E-state index is 0.0198. The highest BCUT2D eigenvalue weighted by Gasteiger charge is 2.39. The van der Waals surface area contributed by atoms with Crippen molar-refractivity contribution in [3.63, 3.8) is 0 Å². The number of hydrogen-bond acceptors (Lipinski definition) is 5. The Bertz CT molecular complexity index is 867. The second-order valence-corrected chi connectivity index (χ2v) is 7.50. The van der Waals surface area contributed by atoms with Gasteiger partial charge in [0, 0.05) is 35.2 Å². The number of rotatable bonds is 4. The maximum Gasteiger partial charge on any atom is 0.255 e. The standard InChI is InChI=1S/C20H26N4O3/c1-23(15-6-8-21-9-7-15)11-13-2-3-16-14(10-13)12-24(20(16)27)17-4-5-18(25)22-19(17)26/h2-3,10,15,17,21H,4-9,11-12H2,1H3,(H,22,25,26)/i1D3. The van der Waals surface area contributed by atoms with E-state index in [1.807, 2.05) is 6.07 Å². The quantitative estimate of drug-likeness (QED) is 0.757. The first kappa shape index (κ1) is 14.8. The molecule has 1 aromatic rings. The first-order chi connectivity index (χ1) is 14.2. The first-order valence-corrected chi connectivity index (χ1v) is 9.48. The van der Waals surface area contributed by atoms with Gasteiger partial charge in [0.1, 0.15) is 6.04 Å². The zero-order valence-electron chi connectivity index (χ0n) is 18.2. The smallest absolute Gasteiger partial charge is 0.255 e. The average Bonchev–Trinajstić information content (AvgIpc) is 3.02. The van der Waals surface area contributed by atoms with Crippen molar-refractivity contribution < 1.29 is 18.5 Å². The third kappa shape index (κ3) is 3.61. The minimum atomic E-state index is -2.20. The molecule has 0 radical (unpaired) electrons. The molecule has 144 valence electrons. The molecule has 0 bridgehead atoms. The number of fused-ring (bicyclic) bond motifs is 1. The Hall–Kier alpha value is -2.25. The largest absolute Gasteiger partial charge is 0.322 e. The summed E-state index contributed by atoms with van der Waals surface area (Å²) in [6.45, 7) is -0.0280. The van der Waals surface area contributed by atoms with E-state index in [2.05, 4.69) is 10.6 Å². The molecule has 0 aliphatic carbocycles. The maximum atomic E-state index is 12.8. The van der Waals surface area contributed by atoms with Gasteiger partial charge in [0.2, 0.25) is 11.8 Å². The Morgan fingerprint density at radius 1 is 1.22 bits per heavy atom. The van der Waals surface area contributed by atoms with E-state index < -0.39 is 18.9 Å². The monoisotopic (exact) mass is 373 g/mol. The molecule has 3 amide bonds. The van der Waals surface area contributed by atoms with E-state index in [1.165, 1.54) is 4.90 Å². The second-order valence-electron chi connectivity index (χ2n) is 7.50. The molecule has 3 heterocycles. The molecular weight excluding hydrogens is 344 g/mol. The second kappa shape index (κ2) is 7.40. The SMILES string of the molecule is [2H]C([2H])([2H])N(Cc1ccc2c(c1)CN(C1CCC(=O)NC1=O)C2=O)C1CCNCC1. The van der Waals surface area contributed by atoms with E-state index in [0.717, 1.165) is 37.1 Å². The molecule has 2 saturated heterocycles. The van der Waals surface area contributed by atoms with E-state index >= 15 is 0 Å². The molecule has 27 heavy (non-hydrogen) atoms. The minimum Gasteiger partial charge on any atom is -0.322 e. The fraction of sp³-hybridized carbons (Fsp3) is 0.550. The van der Waals surface area contributed by atoms with Crippen molar-refractivity contribution in [3.8, 4) is 0 Å². The molecule has 1 unspecified atom stereocenters. The zero-order valence-corrected chi connectivity index (χ0v) is 15.2. The van der Waals surface area contributed by atoms with Gasteiger partial charge >= 0.3 is 0 Å². The fourth-order valence-corrected chi connectivity index (χ4v) is 4.17. The van der Waals surface area contributed by atoms with Crippen LogP contribution in [0.4, 0.5) is 0 Å². The first-order valence-electron chi connectivity index (χ1n) is 11.0. The molecule has 1 atom stereocenters. The average molecular weight is 373 g/mol. The summed E-state index contributed by atoms with van der Waals surface area (Å²) in [5, 5.41) is 5.56. The molecule has 3 aliphatic rings. The van der Waals surface area contributed by atoms with Crippen LogP contribution in [0, 0.1) is 0 Å². The van der Waals surface area contributed by atoms with Crippen molar-refractivity contribution >= 4 is 17.7 Å². The van der Waals surface area contributed by atoms with Crippen LogP contribution in [0.2, 0.25) is 0 Å². The number of carbonyl (C=O) groups is 3. The Kier molecular flexibility index (Phi) is 4.05. The van der Waals surface area contributed by atoms with Crippen LogP contribution >= 0.6 is 0 Å². The van der Waals surface area contributed by atoms with Crippen molar-refractivity contribution in [2.45, 2.75) is 50.9 Å². The van der Waals surface area contributed by atoms with Crippen LogP contribution in [0.25, 0.3) is 0 Å². The number of nitrogens with one attached hydrogen (secondary N) is 2. The molecule has 0 aromatic heterocycles. The van der Waals surface area contributed by atoms with E-state index in [1.54, 1.807) is 17.0 Å². The normalized spacial score (nSPS) is 25.8. The highest BCUT2D eigenvalue weighted by Crippen LogP contribution is 2.28. The summed E-state index contributed by atoms with van der Waals surface area (Å²) in [7, 11) is 0. The molecule has 1 aromatic carbocycles. The van der Waals surface area contributed by atoms with Crippen LogP contribution in [-0.2, 0) is 22.7 Å². The number of hydrogen-bond donors (Lipinski definition) is 2. The Morgan fingerprint density at radius 3 is 2.78 bits per heavy atom. The molecule has 3 aliphatic heterocycles. The number of piperidine rings is 2. The zero-order chi connectivity index (χ0) is 21.5. The lowest BCUT2D eigenvalue weighted by Gasteiger charge is -2.31. The summed E-state index contributed by atoms with van der Waals surface area (Å²) in [6, 6.07) is 4.72. The van der Waals surface area contributed by atoms with Gasteiger partial charge in [0.25, 0.3) is 5.91 Å². The van der Waals surface area contributed by atoms with Crippen LogP contribution in [0.5, 0.6) is 0 Å². The van der Waals surface area contributed by atoms with E-state index in [0.29, 0.717) is 12.0 Å². The summed E-state index contributed by atoms with van der Waals surface area (Å²) in [4.78, 5) is 39.5. The summed E-state index contributed by atoms with van der Waals surface area (Å²) < 4.78 is 23.9. The Morgan fingerprint density at radius 2 is 2.04 bits per heavy atom. The van der Waals surface area contributed by atoms with Gasteiger partial charge in [-0.25, -0.2) is 0 Å². The van der Waals surface area contributed by atoms with Crippen LogP contribution in [0.1, 0.15) is 51.3 Å². The van der Waals surface area contributed by atoms with Gasteiger partial charge in [-0.2, -0.15) is 0 Å². The molecule has 2 N–H and O–H groups in total. The topological polar surface area (TPSA) is 81.8 Å². The van der Waals surface area contributed by atoms with Crippen LogP contribution in [0.3, 0.4) is 0 Å². The van der Waals surface area contributed by atoms with Gasteiger partial charge in [-0.1, -0.05) is 12.1 Å². The number of benzene rings is 1. The van der Waals surface area contributed by atoms with Gasteiger partial charge in [0.05, 0.1) is 0 Å². The van der Waals surface area contributed by atoms with E-state index in [9.17, 15) is 14.4 Å². The van der Waals surface area contributed by atoms with Crippen molar-refractivity contribution in [1.82, 2.24) is 20.4 Å². The Labute approximate surface area is 163 Å². The molecule has 0 saturated carbocycles. The third-order valence-electron chi connectivity index (χ3n) is 5.69. The summed E-state index contributed by atoms with van der Waals surface area (Å²) in [5.74, 6) is -0.977. The third-order valence-corrected chi connectivity index (χ3v) is 5.69. The number of carbonyl (C=O) groups excluding carboxylic acids is 3. The lowest BCUT2D eigenvalue weighted by Crippen LogP contribution is -2.52. The van der Waals surface area contributed by atoms with Gasteiger partial charge < -0.3 is 10.2 Å². The number of imide groups is 1. The van der Waals surface area contributed by atoms with Crippen LogP contribution in [0.15, 0.2) is 18.2 Å². The molecule has 7 heteroatoms. The highest BCUT2D eigenvalue weighted by atomic mass is 16.2. The Balaban J connectivity index is 1.52. The molecule has 2 fully saturated rings. The maximum absolute atomic E-state index is 12.8. The fourth-order valence-electron chi connectivity index (χ4n) is 4.17. The van der Waals surface area contributed by atoms with Gasteiger partial charge in [-0.05, 0) is 56.5 Å². The van der Waals surface area contributed by atoms with Crippen molar-refractivity contribution in [3.05, 3.63) is 34.9 Å². The predicted octanol–water partition coefficient (Wildman–Crippen LogP) is 0.631. The molecular formula is C20H26N4O3. The van der Waals surface area contributed by atoms with Gasteiger partial charge in [-0.3, -0.25) is 24.6 Å². The van der Waals surface area contributed by atoms with Crippen molar-refractivity contribution in [2.75, 3.05) is 20.1 Å². The van der Waals surface area contributed by atoms with Crippen molar-refractivity contribution in [1.29, 1.82) is 0 Å². The molecule has 4 rings (SSSR count). The van der Waals surface area contributed by atoms with E-state index in [4.69, 9.17) is 4.11 Å². The highest BCUT2D eigenvalue weighted by molar-refractivity contribution is 6.05. The summed E-state index contributed by atoms with van der Waals surface area (Å²) in [5.41, 5.74) is 2.16. The van der Waals surface area contributed by atoms with Crippen molar-refractivity contribution in [2.24, 2.45) is 0 Å². The number of nitrogens with zero attached hydrogens (tertiary/aromatic N) is 2. The van der Waals surface area contributed by atoms with Crippen LogP contribution < -0.4 is 10.6 Å². The van der Waals surface area contributed by atoms with Gasteiger partial charge in [0.15, 0.2) is 0 Å². The molecule has 7 nitrogen and oxygen atoms in total. The van der Waals surface area contributed by atoms with Gasteiger partial charge in [-0.15, -0.1) is 0 Å². The predicted molar refractivity (Wildman–Crippen MR) is 99.8 cm³/mol. The summed E-state index contributed by atoms with van der Waals surface area (Å²) >= 11 is 0.